The SMILES string of the molecule is COc1ccc(/C(C)=N\NC(=O)CNC(=O)/C=C\c2ccccc2OC)c(OC)c1. The van der Waals surface area contributed by atoms with Crippen molar-refractivity contribution in [3.05, 3.63) is 59.7 Å². The number of carbonyl (C=O) groups is 2. The molecule has 0 aliphatic heterocycles. The van der Waals surface area contributed by atoms with Crippen LogP contribution in [0.1, 0.15) is 18.1 Å². The van der Waals surface area contributed by atoms with Crippen LogP contribution in [0.5, 0.6) is 17.2 Å². The monoisotopic (exact) mass is 411 g/mol. The third-order valence-corrected chi connectivity index (χ3v) is 4.12. The van der Waals surface area contributed by atoms with Gasteiger partial charge in [-0.2, -0.15) is 5.10 Å². The molecular formula is C22H25N3O5. The molecule has 2 amide bonds. The highest BCUT2D eigenvalue weighted by atomic mass is 16.5. The van der Waals surface area contributed by atoms with Gasteiger partial charge >= 0.3 is 0 Å². The van der Waals surface area contributed by atoms with Crippen LogP contribution in [0.4, 0.5) is 0 Å². The van der Waals surface area contributed by atoms with E-state index in [9.17, 15) is 9.59 Å². The molecule has 0 saturated heterocycles. The molecule has 0 aromatic heterocycles. The lowest BCUT2D eigenvalue weighted by molar-refractivity contribution is -0.123. The lowest BCUT2D eigenvalue weighted by Crippen LogP contribution is -2.34. The van der Waals surface area contributed by atoms with Gasteiger partial charge in [-0.25, -0.2) is 5.43 Å². The van der Waals surface area contributed by atoms with Gasteiger partial charge in [0, 0.05) is 23.3 Å². The molecule has 2 aromatic rings. The number of benzene rings is 2. The minimum absolute atomic E-state index is 0.217. The van der Waals surface area contributed by atoms with Crippen molar-refractivity contribution in [2.45, 2.75) is 6.92 Å². The Balaban J connectivity index is 1.90. The fourth-order valence-corrected chi connectivity index (χ4v) is 2.54. The Labute approximate surface area is 175 Å². The first kappa shape index (κ1) is 22.5. The van der Waals surface area contributed by atoms with Gasteiger partial charge in [-0.15, -0.1) is 0 Å². The number of para-hydroxylation sites is 1. The molecule has 0 heterocycles. The Hall–Kier alpha value is -3.81. The fraction of sp³-hybridized carbons (Fsp3) is 0.227. The Morgan fingerprint density at radius 3 is 2.43 bits per heavy atom. The van der Waals surface area contributed by atoms with E-state index in [1.165, 1.54) is 13.2 Å². The molecule has 2 rings (SSSR count). The average molecular weight is 411 g/mol. The number of carbonyl (C=O) groups excluding carboxylic acids is 2. The van der Waals surface area contributed by atoms with Gasteiger partial charge in [0.1, 0.15) is 17.2 Å². The maximum Gasteiger partial charge on any atom is 0.259 e. The highest BCUT2D eigenvalue weighted by molar-refractivity contribution is 6.02. The summed E-state index contributed by atoms with van der Waals surface area (Å²) >= 11 is 0. The Morgan fingerprint density at radius 1 is 1.00 bits per heavy atom. The number of ether oxygens (including phenoxy) is 3. The van der Waals surface area contributed by atoms with E-state index in [4.69, 9.17) is 14.2 Å². The van der Waals surface area contributed by atoms with Crippen LogP contribution in [0.2, 0.25) is 0 Å². The van der Waals surface area contributed by atoms with E-state index < -0.39 is 11.8 Å². The maximum absolute atomic E-state index is 12.0. The second kappa shape index (κ2) is 11.3. The molecule has 0 spiro atoms. The van der Waals surface area contributed by atoms with E-state index in [0.29, 0.717) is 28.5 Å². The number of nitrogens with one attached hydrogen (secondary N) is 2. The minimum atomic E-state index is -0.458. The first-order valence-corrected chi connectivity index (χ1v) is 9.13. The third-order valence-electron chi connectivity index (χ3n) is 4.12. The lowest BCUT2D eigenvalue weighted by Gasteiger charge is -2.10. The average Bonchev–Trinajstić information content (AvgIpc) is 2.79. The van der Waals surface area contributed by atoms with Crippen LogP contribution >= 0.6 is 0 Å². The van der Waals surface area contributed by atoms with Gasteiger partial charge in [0.25, 0.3) is 5.91 Å². The van der Waals surface area contributed by atoms with Gasteiger partial charge < -0.3 is 19.5 Å². The summed E-state index contributed by atoms with van der Waals surface area (Å²) in [6, 6.07) is 12.6. The molecule has 30 heavy (non-hydrogen) atoms. The van der Waals surface area contributed by atoms with Gasteiger partial charge in [0.2, 0.25) is 5.91 Å². The second-order valence-electron chi connectivity index (χ2n) is 6.09. The number of nitrogens with zero attached hydrogens (tertiary/aromatic N) is 1. The van der Waals surface area contributed by atoms with E-state index in [2.05, 4.69) is 15.8 Å². The van der Waals surface area contributed by atoms with E-state index in [1.54, 1.807) is 51.5 Å². The predicted molar refractivity (Wildman–Crippen MR) is 115 cm³/mol. The summed E-state index contributed by atoms with van der Waals surface area (Å²) < 4.78 is 15.7. The summed E-state index contributed by atoms with van der Waals surface area (Å²) in [6.45, 7) is 1.52. The van der Waals surface area contributed by atoms with Crippen LogP contribution in [-0.4, -0.2) is 45.4 Å². The zero-order valence-electron chi connectivity index (χ0n) is 17.4. The quantitative estimate of drug-likeness (QED) is 0.375. The van der Waals surface area contributed by atoms with Crippen LogP contribution in [0, 0.1) is 0 Å². The molecule has 0 bridgehead atoms. The largest absolute Gasteiger partial charge is 0.497 e. The molecule has 0 atom stereocenters. The van der Waals surface area contributed by atoms with Crippen molar-refractivity contribution in [1.29, 1.82) is 0 Å². The van der Waals surface area contributed by atoms with Gasteiger partial charge in [-0.3, -0.25) is 9.59 Å². The van der Waals surface area contributed by atoms with Crippen molar-refractivity contribution in [1.82, 2.24) is 10.7 Å². The molecule has 8 heteroatoms. The molecular weight excluding hydrogens is 386 g/mol. The molecule has 2 N–H and O–H groups in total. The molecule has 0 unspecified atom stereocenters. The van der Waals surface area contributed by atoms with E-state index in [1.807, 2.05) is 18.2 Å². The molecule has 0 radical (unpaired) electrons. The standard InChI is InChI=1S/C22H25N3O5/c1-15(18-11-10-17(28-2)13-20(18)30-4)24-25-22(27)14-23-21(26)12-9-16-7-5-6-8-19(16)29-3/h5-13H,14H2,1-4H3,(H,23,26)(H,25,27)/b12-9-,24-15-. The van der Waals surface area contributed by atoms with E-state index >= 15 is 0 Å². The zero-order chi connectivity index (χ0) is 21.9. The molecule has 158 valence electrons. The van der Waals surface area contributed by atoms with Crippen LogP contribution in [-0.2, 0) is 9.59 Å². The van der Waals surface area contributed by atoms with Crippen LogP contribution in [0.25, 0.3) is 6.08 Å². The van der Waals surface area contributed by atoms with Gasteiger partial charge in [0.05, 0.1) is 33.6 Å². The summed E-state index contributed by atoms with van der Waals surface area (Å²) in [6.07, 6.45) is 2.95. The lowest BCUT2D eigenvalue weighted by atomic mass is 10.1. The highest BCUT2D eigenvalue weighted by Crippen LogP contribution is 2.25. The van der Waals surface area contributed by atoms with Crippen molar-refractivity contribution in [3.8, 4) is 17.2 Å². The third kappa shape index (κ3) is 6.37. The number of rotatable bonds is 9. The maximum atomic E-state index is 12.0. The molecule has 0 aliphatic rings. The first-order chi connectivity index (χ1) is 14.5. The number of hydrogen-bond acceptors (Lipinski definition) is 6. The normalized spacial score (nSPS) is 11.1. The van der Waals surface area contributed by atoms with Crippen molar-refractivity contribution in [2.75, 3.05) is 27.9 Å². The first-order valence-electron chi connectivity index (χ1n) is 9.13. The number of methoxy groups -OCH3 is 3. The van der Waals surface area contributed by atoms with Crippen molar-refractivity contribution >= 4 is 23.6 Å². The summed E-state index contributed by atoms with van der Waals surface area (Å²) in [4.78, 5) is 23.9. The smallest absolute Gasteiger partial charge is 0.259 e. The van der Waals surface area contributed by atoms with Crippen molar-refractivity contribution in [2.24, 2.45) is 5.10 Å². The minimum Gasteiger partial charge on any atom is -0.497 e. The predicted octanol–water partition coefficient (Wildman–Crippen LogP) is 2.38. The molecule has 0 fully saturated rings. The van der Waals surface area contributed by atoms with E-state index in [-0.39, 0.29) is 6.54 Å². The number of amides is 2. The molecule has 2 aromatic carbocycles. The topological polar surface area (TPSA) is 98.2 Å². The van der Waals surface area contributed by atoms with Crippen LogP contribution < -0.4 is 25.0 Å². The highest BCUT2D eigenvalue weighted by Gasteiger charge is 2.09. The van der Waals surface area contributed by atoms with Crippen LogP contribution in [0.15, 0.2) is 53.6 Å². The molecule has 8 nitrogen and oxygen atoms in total. The Morgan fingerprint density at radius 2 is 1.73 bits per heavy atom. The summed E-state index contributed by atoms with van der Waals surface area (Å²) in [5.74, 6) is 1.00. The summed E-state index contributed by atoms with van der Waals surface area (Å²) in [7, 11) is 4.66. The molecule has 0 aliphatic carbocycles. The second-order valence-corrected chi connectivity index (χ2v) is 6.09. The Kier molecular flexibility index (Phi) is 8.43. The summed E-state index contributed by atoms with van der Waals surface area (Å²) in [5, 5.41) is 6.57. The Bertz CT molecular complexity index is 954. The number of hydrazone groups is 1. The van der Waals surface area contributed by atoms with Gasteiger partial charge in [-0.05, 0) is 31.2 Å². The van der Waals surface area contributed by atoms with Crippen molar-refractivity contribution < 1.29 is 23.8 Å². The summed E-state index contributed by atoms with van der Waals surface area (Å²) in [5.41, 5.74) is 4.43. The molecule has 0 saturated carbocycles. The fourth-order valence-electron chi connectivity index (χ4n) is 2.54. The van der Waals surface area contributed by atoms with Gasteiger partial charge in [-0.1, -0.05) is 18.2 Å². The van der Waals surface area contributed by atoms with Gasteiger partial charge in [0.15, 0.2) is 0 Å². The van der Waals surface area contributed by atoms with E-state index in [0.717, 1.165) is 5.56 Å². The number of hydrogen-bond donors (Lipinski definition) is 2. The zero-order valence-corrected chi connectivity index (χ0v) is 17.4. The van der Waals surface area contributed by atoms with Crippen molar-refractivity contribution in [3.63, 3.8) is 0 Å². The van der Waals surface area contributed by atoms with Crippen LogP contribution in [0.3, 0.4) is 0 Å².